The van der Waals surface area contributed by atoms with Gasteiger partial charge in [-0.1, -0.05) is 6.07 Å². The summed E-state index contributed by atoms with van der Waals surface area (Å²) in [7, 11) is -3.82. The van der Waals surface area contributed by atoms with E-state index in [4.69, 9.17) is 5.73 Å². The summed E-state index contributed by atoms with van der Waals surface area (Å²) in [4.78, 5) is 23.5. The van der Waals surface area contributed by atoms with Crippen LogP contribution in [0.2, 0.25) is 0 Å². The van der Waals surface area contributed by atoms with Crippen LogP contribution in [0.25, 0.3) is 0 Å². The Labute approximate surface area is 147 Å². The Morgan fingerprint density at radius 1 is 1.46 bits per heavy atom. The molecular weight excluding hydrogens is 356 g/mol. The molecule has 8 nitrogen and oxygen atoms in total. The molecule has 1 aliphatic rings. The number of nitrogens with one attached hydrogen (secondary N) is 2. The number of halogens is 1. The normalized spacial score (nSPS) is 16.7. The highest BCUT2D eigenvalue weighted by atomic mass is 35.5. The molecule has 2 amide bonds. The number of nitrogens with zero attached hydrogens (tertiary/aromatic N) is 1. The molecule has 1 saturated heterocycles. The fourth-order valence-corrected chi connectivity index (χ4v) is 3.58. The van der Waals surface area contributed by atoms with Gasteiger partial charge in [0.2, 0.25) is 15.9 Å². The van der Waals surface area contributed by atoms with E-state index in [2.05, 4.69) is 10.6 Å². The lowest BCUT2D eigenvalue weighted by atomic mass is 10.2. The number of rotatable bonds is 5. The topological polar surface area (TPSA) is 122 Å². The largest absolute Gasteiger partial charge is 0.354 e. The summed E-state index contributed by atoms with van der Waals surface area (Å²) in [5.41, 5.74) is 5.68. The summed E-state index contributed by atoms with van der Waals surface area (Å²) in [6, 6.07) is 5.53. The Morgan fingerprint density at radius 3 is 2.79 bits per heavy atom. The highest BCUT2D eigenvalue weighted by molar-refractivity contribution is 7.89. The van der Waals surface area contributed by atoms with Crippen LogP contribution in [-0.4, -0.2) is 56.8 Å². The van der Waals surface area contributed by atoms with Crippen molar-refractivity contribution in [2.24, 2.45) is 5.73 Å². The lowest BCUT2D eigenvalue weighted by molar-refractivity contribution is -0.122. The van der Waals surface area contributed by atoms with Gasteiger partial charge in [0, 0.05) is 31.2 Å². The van der Waals surface area contributed by atoms with Gasteiger partial charge in [0.25, 0.3) is 5.91 Å². The van der Waals surface area contributed by atoms with Gasteiger partial charge in [0.05, 0.1) is 11.4 Å². The van der Waals surface area contributed by atoms with Crippen molar-refractivity contribution in [2.75, 3.05) is 26.2 Å². The van der Waals surface area contributed by atoms with Crippen molar-refractivity contribution in [3.05, 3.63) is 29.8 Å². The third-order valence-electron chi connectivity index (χ3n) is 3.47. The van der Waals surface area contributed by atoms with E-state index < -0.39 is 15.9 Å². The van der Waals surface area contributed by atoms with Gasteiger partial charge in [-0.3, -0.25) is 9.59 Å². The molecule has 24 heavy (non-hydrogen) atoms. The Hall–Kier alpha value is -1.68. The Kier molecular flexibility index (Phi) is 7.15. The number of hydrogen-bond acceptors (Lipinski definition) is 5. The van der Waals surface area contributed by atoms with Crippen molar-refractivity contribution >= 4 is 34.2 Å². The molecule has 10 heteroatoms. The number of carbonyl (C=O) groups is 2. The van der Waals surface area contributed by atoms with E-state index in [1.54, 1.807) is 6.92 Å². The lowest BCUT2D eigenvalue weighted by Gasteiger charge is -2.26. The molecule has 0 aromatic heterocycles. The van der Waals surface area contributed by atoms with Crippen molar-refractivity contribution in [2.45, 2.75) is 17.9 Å². The Morgan fingerprint density at radius 2 is 2.17 bits per heavy atom. The van der Waals surface area contributed by atoms with Crippen molar-refractivity contribution in [3.63, 3.8) is 0 Å². The monoisotopic (exact) mass is 376 g/mol. The van der Waals surface area contributed by atoms with Gasteiger partial charge in [-0.15, -0.1) is 12.4 Å². The number of nitrogens with two attached hydrogens (primary N) is 1. The second-order valence-electron chi connectivity index (χ2n) is 5.33. The predicted octanol–water partition coefficient (Wildman–Crippen LogP) is -0.694. The van der Waals surface area contributed by atoms with E-state index in [0.29, 0.717) is 0 Å². The number of carbonyl (C=O) groups excluding carboxylic acids is 2. The van der Waals surface area contributed by atoms with Gasteiger partial charge in [0.15, 0.2) is 0 Å². The SMILES string of the molecule is C[C@@H](CN)NC(=O)c1cccc(S(=O)(=O)N2CCNC(=O)C2)c1.Cl. The van der Waals surface area contributed by atoms with Gasteiger partial charge in [0.1, 0.15) is 0 Å². The lowest BCUT2D eigenvalue weighted by Crippen LogP contribution is -2.49. The second kappa shape index (κ2) is 8.43. The van der Waals surface area contributed by atoms with Crippen molar-refractivity contribution in [1.29, 1.82) is 0 Å². The van der Waals surface area contributed by atoms with Gasteiger partial charge < -0.3 is 16.4 Å². The molecule has 0 aliphatic carbocycles. The maximum atomic E-state index is 12.6. The molecular formula is C14H21ClN4O4S. The van der Waals surface area contributed by atoms with E-state index in [1.165, 1.54) is 24.3 Å². The van der Waals surface area contributed by atoms with Crippen LogP contribution in [-0.2, 0) is 14.8 Å². The molecule has 1 aromatic rings. The van der Waals surface area contributed by atoms with Crippen molar-refractivity contribution in [3.8, 4) is 0 Å². The first kappa shape index (κ1) is 20.4. The van der Waals surface area contributed by atoms with Crippen LogP contribution in [0.1, 0.15) is 17.3 Å². The molecule has 1 fully saturated rings. The molecule has 0 radical (unpaired) electrons. The molecule has 1 aromatic carbocycles. The fraction of sp³-hybridized carbons (Fsp3) is 0.429. The summed E-state index contributed by atoms with van der Waals surface area (Å²) in [5.74, 6) is -0.734. The maximum Gasteiger partial charge on any atom is 0.251 e. The quantitative estimate of drug-likeness (QED) is 0.627. The molecule has 2 rings (SSSR count). The summed E-state index contributed by atoms with van der Waals surface area (Å²) in [6.07, 6.45) is 0. The summed E-state index contributed by atoms with van der Waals surface area (Å²) < 4.78 is 26.3. The van der Waals surface area contributed by atoms with Crippen LogP contribution >= 0.6 is 12.4 Å². The molecule has 0 spiro atoms. The first-order valence-corrected chi connectivity index (χ1v) is 8.66. The van der Waals surface area contributed by atoms with Gasteiger partial charge in [-0.05, 0) is 25.1 Å². The van der Waals surface area contributed by atoms with Crippen LogP contribution in [0, 0.1) is 0 Å². The number of piperazine rings is 1. The zero-order chi connectivity index (χ0) is 17.0. The summed E-state index contributed by atoms with van der Waals surface area (Å²) in [5, 5.41) is 5.25. The molecule has 0 bridgehead atoms. The standard InChI is InChI=1S/C14H20N4O4S.ClH/c1-10(8-15)17-14(20)11-3-2-4-12(7-11)23(21,22)18-6-5-16-13(19)9-18;/h2-4,7,10H,5-6,8-9,15H2,1H3,(H,16,19)(H,17,20);1H/t10-;/m0./s1. The van der Waals surface area contributed by atoms with E-state index in [9.17, 15) is 18.0 Å². The zero-order valence-corrected chi connectivity index (χ0v) is 14.8. The van der Waals surface area contributed by atoms with Crippen LogP contribution in [0.4, 0.5) is 0 Å². The van der Waals surface area contributed by atoms with Crippen LogP contribution < -0.4 is 16.4 Å². The fourth-order valence-electron chi connectivity index (χ4n) is 2.13. The predicted molar refractivity (Wildman–Crippen MR) is 91.4 cm³/mol. The minimum Gasteiger partial charge on any atom is -0.354 e. The summed E-state index contributed by atoms with van der Waals surface area (Å²) >= 11 is 0. The molecule has 1 atom stereocenters. The minimum absolute atomic E-state index is 0. The highest BCUT2D eigenvalue weighted by Crippen LogP contribution is 2.18. The third-order valence-corrected chi connectivity index (χ3v) is 5.31. The smallest absolute Gasteiger partial charge is 0.251 e. The van der Waals surface area contributed by atoms with Gasteiger partial charge in [-0.25, -0.2) is 8.42 Å². The van der Waals surface area contributed by atoms with E-state index in [0.717, 1.165) is 4.31 Å². The highest BCUT2D eigenvalue weighted by Gasteiger charge is 2.29. The molecule has 0 unspecified atom stereocenters. The average molecular weight is 377 g/mol. The average Bonchev–Trinajstić information content (AvgIpc) is 2.54. The number of hydrogen-bond donors (Lipinski definition) is 3. The van der Waals surface area contributed by atoms with Crippen molar-refractivity contribution in [1.82, 2.24) is 14.9 Å². The number of benzene rings is 1. The number of amides is 2. The van der Waals surface area contributed by atoms with Crippen LogP contribution in [0.5, 0.6) is 0 Å². The van der Waals surface area contributed by atoms with Crippen molar-refractivity contribution < 1.29 is 18.0 Å². The zero-order valence-electron chi connectivity index (χ0n) is 13.2. The molecule has 134 valence electrons. The Bertz CT molecular complexity index is 710. The summed E-state index contributed by atoms with van der Waals surface area (Å²) in [6.45, 7) is 2.29. The van der Waals surface area contributed by atoms with E-state index >= 15 is 0 Å². The molecule has 1 aliphatic heterocycles. The second-order valence-corrected chi connectivity index (χ2v) is 7.26. The Balaban J connectivity index is 0.00000288. The first-order valence-electron chi connectivity index (χ1n) is 7.22. The molecule has 1 heterocycles. The molecule has 0 saturated carbocycles. The third kappa shape index (κ3) is 4.67. The maximum absolute atomic E-state index is 12.6. The van der Waals surface area contributed by atoms with E-state index in [-0.39, 0.29) is 61.0 Å². The van der Waals surface area contributed by atoms with E-state index in [1.807, 2.05) is 0 Å². The number of sulfonamides is 1. The first-order chi connectivity index (χ1) is 10.8. The van der Waals surface area contributed by atoms with Gasteiger partial charge >= 0.3 is 0 Å². The van der Waals surface area contributed by atoms with Crippen LogP contribution in [0.3, 0.4) is 0 Å². The molecule has 4 N–H and O–H groups in total. The van der Waals surface area contributed by atoms with Gasteiger partial charge in [-0.2, -0.15) is 4.31 Å². The van der Waals surface area contributed by atoms with Crippen LogP contribution in [0.15, 0.2) is 29.2 Å². The minimum atomic E-state index is -3.82.